The predicted octanol–water partition coefficient (Wildman–Crippen LogP) is 2.80. The Balaban J connectivity index is 1.84. The van der Waals surface area contributed by atoms with E-state index in [0.29, 0.717) is 17.3 Å². The molecule has 3 rings (SSSR count). The molecule has 0 spiro atoms. The summed E-state index contributed by atoms with van der Waals surface area (Å²) in [5.74, 6) is 6.90. The third-order valence-electron chi connectivity index (χ3n) is 5.10. The first-order valence-electron chi connectivity index (χ1n) is 10.1. The number of carbonyl (C=O) groups is 2. The highest BCUT2D eigenvalue weighted by Gasteiger charge is 2.20. The zero-order valence-corrected chi connectivity index (χ0v) is 18.6. The first-order valence-corrected chi connectivity index (χ1v) is 10.1. The van der Waals surface area contributed by atoms with E-state index in [1.807, 2.05) is 25.1 Å². The van der Waals surface area contributed by atoms with Crippen molar-refractivity contribution in [3.63, 3.8) is 0 Å². The summed E-state index contributed by atoms with van der Waals surface area (Å²) in [5, 5.41) is 0. The molecule has 1 aliphatic rings. The normalized spacial score (nSPS) is 12.5. The quantitative estimate of drug-likeness (QED) is 0.712. The minimum absolute atomic E-state index is 0.183. The third-order valence-corrected chi connectivity index (χ3v) is 5.10. The van der Waals surface area contributed by atoms with Crippen LogP contribution in [0.5, 0.6) is 5.75 Å². The van der Waals surface area contributed by atoms with Crippen LogP contribution in [0.4, 0.5) is 10.5 Å². The van der Waals surface area contributed by atoms with E-state index in [2.05, 4.69) is 11.8 Å². The molecule has 162 valence electrons. The summed E-state index contributed by atoms with van der Waals surface area (Å²) in [6.07, 6.45) is 2.30. The molecule has 1 saturated carbocycles. The van der Waals surface area contributed by atoms with Gasteiger partial charge in [0.1, 0.15) is 5.75 Å². The number of pyridine rings is 1. The number of ether oxygens (including phenoxy) is 1. The fraction of sp³-hybridized carbons (Fsp3) is 0.375. The Hall–Kier alpha value is -3.53. The highest BCUT2D eigenvalue weighted by atomic mass is 16.5. The van der Waals surface area contributed by atoms with Crippen molar-refractivity contribution in [2.24, 2.45) is 5.92 Å². The fourth-order valence-corrected chi connectivity index (χ4v) is 2.99. The molecule has 0 aliphatic heterocycles. The fourth-order valence-electron chi connectivity index (χ4n) is 2.99. The number of aryl methyl sites for hydroxylation is 2. The van der Waals surface area contributed by atoms with Gasteiger partial charge in [0.2, 0.25) is 0 Å². The molecule has 7 heteroatoms. The largest absolute Gasteiger partial charge is 0.484 e. The Labute approximate surface area is 182 Å². The number of anilines is 1. The summed E-state index contributed by atoms with van der Waals surface area (Å²) in [5.41, 5.74) is 2.33. The van der Waals surface area contributed by atoms with Crippen molar-refractivity contribution in [2.45, 2.75) is 26.7 Å². The number of aromatic nitrogens is 1. The lowest BCUT2D eigenvalue weighted by Gasteiger charge is -2.22. The summed E-state index contributed by atoms with van der Waals surface area (Å²) >= 11 is 0. The van der Waals surface area contributed by atoms with E-state index in [0.717, 1.165) is 28.5 Å². The van der Waals surface area contributed by atoms with Gasteiger partial charge in [-0.05, 0) is 44.4 Å². The number of amides is 2. The summed E-state index contributed by atoms with van der Waals surface area (Å²) in [7, 11) is 4.88. The smallest absolute Gasteiger partial charge is 0.335 e. The lowest BCUT2D eigenvalue weighted by Crippen LogP contribution is -2.39. The van der Waals surface area contributed by atoms with Crippen LogP contribution in [0.3, 0.4) is 0 Å². The van der Waals surface area contributed by atoms with Gasteiger partial charge >= 0.3 is 6.03 Å². The number of carbonyl (C=O) groups excluding carboxylic acids is 2. The minimum atomic E-state index is -0.522. The maximum Gasteiger partial charge on any atom is 0.335 e. The number of likely N-dealkylation sites (N-methyl/N-ethyl adjacent to an activating group) is 1. The third kappa shape index (κ3) is 5.34. The van der Waals surface area contributed by atoms with Crippen molar-refractivity contribution >= 4 is 17.6 Å². The molecule has 0 radical (unpaired) electrons. The van der Waals surface area contributed by atoms with Gasteiger partial charge in [-0.1, -0.05) is 17.9 Å². The van der Waals surface area contributed by atoms with Crippen molar-refractivity contribution in [1.29, 1.82) is 0 Å². The summed E-state index contributed by atoms with van der Waals surface area (Å²) in [6, 6.07) is 8.03. The van der Waals surface area contributed by atoms with Gasteiger partial charge in [-0.3, -0.25) is 14.5 Å². The van der Waals surface area contributed by atoms with Gasteiger partial charge in [0.05, 0.1) is 0 Å². The minimum Gasteiger partial charge on any atom is -0.484 e. The van der Waals surface area contributed by atoms with Crippen LogP contribution in [0.15, 0.2) is 35.1 Å². The first-order chi connectivity index (χ1) is 14.7. The van der Waals surface area contributed by atoms with E-state index >= 15 is 0 Å². The maximum absolute atomic E-state index is 13.1. The molecule has 1 heterocycles. The zero-order valence-electron chi connectivity index (χ0n) is 18.6. The molecule has 2 aromatic rings. The van der Waals surface area contributed by atoms with Crippen LogP contribution in [-0.4, -0.2) is 49.2 Å². The molecule has 31 heavy (non-hydrogen) atoms. The second-order valence-corrected chi connectivity index (χ2v) is 7.97. The van der Waals surface area contributed by atoms with Crippen LogP contribution in [0.25, 0.3) is 0 Å². The average molecular weight is 421 g/mol. The standard InChI is InChI=1S/C24H27N3O4/c1-16-6-7-19(11-10-18-8-9-18)13-21(16)26(5)24(30)27-17(2)12-20(14-22(27)28)31-15-23(29)25(3)4/h6-7,12-14,18H,8-9,15H2,1-5H3. The van der Waals surface area contributed by atoms with E-state index in [1.54, 1.807) is 34.1 Å². The highest BCUT2D eigenvalue weighted by Crippen LogP contribution is 2.28. The molecule has 7 nitrogen and oxygen atoms in total. The van der Waals surface area contributed by atoms with E-state index in [1.165, 1.54) is 15.9 Å². The maximum atomic E-state index is 13.1. The Bertz CT molecular complexity index is 1130. The molecule has 0 bridgehead atoms. The van der Waals surface area contributed by atoms with Gasteiger partial charge in [0.25, 0.3) is 11.5 Å². The van der Waals surface area contributed by atoms with Gasteiger partial charge in [-0.2, -0.15) is 0 Å². The number of benzene rings is 1. The zero-order chi connectivity index (χ0) is 22.7. The van der Waals surface area contributed by atoms with Crippen LogP contribution in [0.2, 0.25) is 0 Å². The molecule has 0 N–H and O–H groups in total. The van der Waals surface area contributed by atoms with E-state index in [9.17, 15) is 14.4 Å². The predicted molar refractivity (Wildman–Crippen MR) is 120 cm³/mol. The average Bonchev–Trinajstić information content (AvgIpc) is 3.54. The molecule has 1 fully saturated rings. The van der Waals surface area contributed by atoms with Crippen molar-refractivity contribution in [3.05, 3.63) is 57.5 Å². The van der Waals surface area contributed by atoms with Gasteiger partial charge < -0.3 is 9.64 Å². The van der Waals surface area contributed by atoms with Gasteiger partial charge in [0.15, 0.2) is 6.61 Å². The molecular weight excluding hydrogens is 394 g/mol. The van der Waals surface area contributed by atoms with Crippen LogP contribution in [0, 0.1) is 31.6 Å². The van der Waals surface area contributed by atoms with Crippen LogP contribution >= 0.6 is 0 Å². The highest BCUT2D eigenvalue weighted by molar-refractivity contribution is 5.94. The van der Waals surface area contributed by atoms with E-state index in [-0.39, 0.29) is 18.3 Å². The van der Waals surface area contributed by atoms with Crippen LogP contribution in [0.1, 0.15) is 29.7 Å². The Morgan fingerprint density at radius 1 is 1.13 bits per heavy atom. The van der Waals surface area contributed by atoms with Crippen LogP contribution in [-0.2, 0) is 4.79 Å². The van der Waals surface area contributed by atoms with E-state index < -0.39 is 11.6 Å². The van der Waals surface area contributed by atoms with Crippen molar-refractivity contribution in [1.82, 2.24) is 9.47 Å². The summed E-state index contributed by atoms with van der Waals surface area (Å²) in [6.45, 7) is 3.38. The molecule has 0 unspecified atom stereocenters. The molecule has 1 aromatic heterocycles. The number of nitrogens with zero attached hydrogens (tertiary/aromatic N) is 3. The molecule has 1 aromatic carbocycles. The molecular formula is C24H27N3O4. The number of hydrogen-bond donors (Lipinski definition) is 0. The summed E-state index contributed by atoms with van der Waals surface area (Å²) < 4.78 is 6.50. The SMILES string of the molecule is Cc1ccc(C#CC2CC2)cc1N(C)C(=O)n1c(C)cc(OCC(=O)N(C)C)cc1=O. The van der Waals surface area contributed by atoms with Crippen LogP contribution < -0.4 is 15.2 Å². The molecule has 0 atom stereocenters. The van der Waals surface area contributed by atoms with E-state index in [4.69, 9.17) is 4.74 Å². The topological polar surface area (TPSA) is 71.8 Å². The molecule has 0 saturated heterocycles. The second kappa shape index (κ2) is 9.09. The Kier molecular flexibility index (Phi) is 6.50. The number of hydrogen-bond acceptors (Lipinski definition) is 4. The van der Waals surface area contributed by atoms with Gasteiger partial charge in [-0.15, -0.1) is 0 Å². The molecule has 1 aliphatic carbocycles. The number of rotatable bonds is 4. The first kappa shape index (κ1) is 22.2. The lowest BCUT2D eigenvalue weighted by atomic mass is 10.1. The van der Waals surface area contributed by atoms with Crippen molar-refractivity contribution in [2.75, 3.05) is 32.6 Å². The lowest BCUT2D eigenvalue weighted by molar-refractivity contribution is -0.130. The van der Waals surface area contributed by atoms with Crippen molar-refractivity contribution < 1.29 is 14.3 Å². The van der Waals surface area contributed by atoms with Crippen molar-refractivity contribution in [3.8, 4) is 17.6 Å². The van der Waals surface area contributed by atoms with Gasteiger partial charge in [0, 0.05) is 56.1 Å². The molecule has 2 amide bonds. The Morgan fingerprint density at radius 2 is 1.84 bits per heavy atom. The summed E-state index contributed by atoms with van der Waals surface area (Å²) in [4.78, 5) is 40.4. The second-order valence-electron chi connectivity index (χ2n) is 7.97. The monoisotopic (exact) mass is 421 g/mol. The Morgan fingerprint density at radius 3 is 2.45 bits per heavy atom. The van der Waals surface area contributed by atoms with Gasteiger partial charge in [-0.25, -0.2) is 9.36 Å².